The van der Waals surface area contributed by atoms with Gasteiger partial charge in [-0.15, -0.1) is 0 Å². The summed E-state index contributed by atoms with van der Waals surface area (Å²) in [5.74, 6) is -0.303. The smallest absolute Gasteiger partial charge is 0.410 e. The molecule has 214 valence electrons. The quantitative estimate of drug-likeness (QED) is 0.575. The lowest BCUT2D eigenvalue weighted by molar-refractivity contribution is -0.136. The Balaban J connectivity index is 1.02. The van der Waals surface area contributed by atoms with Crippen molar-refractivity contribution in [2.75, 3.05) is 26.2 Å². The van der Waals surface area contributed by atoms with Gasteiger partial charge in [-0.1, -0.05) is 18.2 Å². The van der Waals surface area contributed by atoms with Gasteiger partial charge in [0.2, 0.25) is 11.8 Å². The number of amides is 4. The largest absolute Gasteiger partial charge is 0.444 e. The number of hydrogen-bond donors (Lipinski definition) is 1. The average Bonchev–Trinajstić information content (AvgIpc) is 3.22. The molecule has 6 rings (SSSR count). The summed E-state index contributed by atoms with van der Waals surface area (Å²) in [6.45, 7) is 9.69. The second-order valence-electron chi connectivity index (χ2n) is 13.2. The molecule has 1 unspecified atom stereocenters. The Hall–Kier alpha value is -3.36. The summed E-state index contributed by atoms with van der Waals surface area (Å²) < 4.78 is 5.55. The first-order valence-corrected chi connectivity index (χ1v) is 14.7. The molecule has 1 N–H and O–H groups in total. The number of fused-ring (bicyclic) bond motifs is 1. The van der Waals surface area contributed by atoms with Gasteiger partial charge < -0.3 is 19.4 Å². The molecular formula is C31H40N4O5. The molecule has 0 radical (unpaired) electrons. The summed E-state index contributed by atoms with van der Waals surface area (Å²) >= 11 is 0. The minimum Gasteiger partial charge on any atom is -0.444 e. The number of carbonyl (C=O) groups excluding carboxylic acids is 4. The Morgan fingerprint density at radius 3 is 2.38 bits per heavy atom. The molecule has 3 saturated heterocycles. The normalized spacial score (nSPS) is 25.0. The molecule has 9 nitrogen and oxygen atoms in total. The topological polar surface area (TPSA) is 99.3 Å². The van der Waals surface area contributed by atoms with Crippen LogP contribution in [0, 0.1) is 5.41 Å². The van der Waals surface area contributed by atoms with Gasteiger partial charge in [-0.25, -0.2) is 4.79 Å². The summed E-state index contributed by atoms with van der Waals surface area (Å²) in [6.07, 6.45) is 8.14. The van der Waals surface area contributed by atoms with Crippen LogP contribution in [0.3, 0.4) is 0 Å². The molecule has 0 bridgehead atoms. The first-order valence-electron chi connectivity index (χ1n) is 14.7. The van der Waals surface area contributed by atoms with E-state index < -0.39 is 11.6 Å². The lowest BCUT2D eigenvalue weighted by atomic mass is 9.67. The highest BCUT2D eigenvalue weighted by Crippen LogP contribution is 2.49. The highest BCUT2D eigenvalue weighted by Gasteiger charge is 2.43. The number of nitrogens with one attached hydrogen (secondary N) is 1. The fourth-order valence-corrected chi connectivity index (χ4v) is 7.02. The van der Waals surface area contributed by atoms with Crippen LogP contribution < -0.4 is 5.32 Å². The van der Waals surface area contributed by atoms with Gasteiger partial charge in [0.1, 0.15) is 11.6 Å². The van der Waals surface area contributed by atoms with Crippen molar-refractivity contribution in [1.29, 1.82) is 0 Å². The van der Waals surface area contributed by atoms with Gasteiger partial charge in [0, 0.05) is 50.4 Å². The zero-order chi connectivity index (χ0) is 28.2. The number of rotatable bonds is 3. The van der Waals surface area contributed by atoms with E-state index in [4.69, 9.17) is 4.74 Å². The van der Waals surface area contributed by atoms with Gasteiger partial charge in [-0.05, 0) is 87.8 Å². The highest BCUT2D eigenvalue weighted by atomic mass is 16.6. The lowest BCUT2D eigenvalue weighted by Gasteiger charge is -2.50. The van der Waals surface area contributed by atoms with E-state index in [2.05, 4.69) is 28.4 Å². The highest BCUT2D eigenvalue weighted by molar-refractivity contribution is 6.05. The molecule has 0 aromatic heterocycles. The summed E-state index contributed by atoms with van der Waals surface area (Å²) in [4.78, 5) is 55.3. The third-order valence-electron chi connectivity index (χ3n) is 9.34. The van der Waals surface area contributed by atoms with Crippen molar-refractivity contribution in [1.82, 2.24) is 20.0 Å². The lowest BCUT2D eigenvalue weighted by Crippen LogP contribution is -2.52. The first-order chi connectivity index (χ1) is 19.0. The van der Waals surface area contributed by atoms with E-state index in [1.165, 1.54) is 11.3 Å². The van der Waals surface area contributed by atoms with Crippen LogP contribution in [0.5, 0.6) is 0 Å². The minimum atomic E-state index is -0.576. The zero-order valence-corrected chi connectivity index (χ0v) is 23.8. The van der Waals surface area contributed by atoms with E-state index in [0.29, 0.717) is 24.4 Å². The number of hydrogen-bond acceptors (Lipinski definition) is 6. The molecule has 1 atom stereocenters. The number of benzene rings is 1. The Labute approximate surface area is 235 Å². The summed E-state index contributed by atoms with van der Waals surface area (Å²) in [5.41, 5.74) is 4.14. The standard InChI is InChI=1S/C31H40N4O5/c1-30(2,3)40-29(39)34-14-10-31(11-15-34)17-23(18-31)33-12-8-20(9-13-33)21-4-5-24-22(16-21)19-35(28(24)38)25-6-7-26(36)32-27(25)37/h4-5,16-17,20,25H,6-15,18-19H2,1-3H3,(H,32,36,37). The Kier molecular flexibility index (Phi) is 6.66. The molecule has 9 heteroatoms. The van der Waals surface area contributed by atoms with E-state index in [-0.39, 0.29) is 35.7 Å². The van der Waals surface area contributed by atoms with Gasteiger partial charge in [0.05, 0.1) is 0 Å². The van der Waals surface area contributed by atoms with Gasteiger partial charge in [0.25, 0.3) is 5.91 Å². The number of nitrogens with zero attached hydrogens (tertiary/aromatic N) is 3. The second-order valence-corrected chi connectivity index (χ2v) is 13.2. The molecule has 1 aromatic carbocycles. The van der Waals surface area contributed by atoms with E-state index >= 15 is 0 Å². The van der Waals surface area contributed by atoms with Crippen molar-refractivity contribution in [3.8, 4) is 0 Å². The molecule has 1 aliphatic carbocycles. The van der Waals surface area contributed by atoms with Crippen LogP contribution in [0.2, 0.25) is 0 Å². The molecule has 5 aliphatic rings. The van der Waals surface area contributed by atoms with Crippen LogP contribution in [-0.4, -0.2) is 76.3 Å². The van der Waals surface area contributed by atoms with Crippen LogP contribution in [0.4, 0.5) is 4.79 Å². The van der Waals surface area contributed by atoms with Crippen LogP contribution in [0.15, 0.2) is 30.0 Å². The van der Waals surface area contributed by atoms with Crippen molar-refractivity contribution in [3.05, 3.63) is 46.7 Å². The zero-order valence-electron chi connectivity index (χ0n) is 23.8. The number of allylic oxidation sites excluding steroid dienone is 2. The van der Waals surface area contributed by atoms with Gasteiger partial charge >= 0.3 is 6.09 Å². The number of piperidine rings is 3. The molecule has 1 aromatic rings. The van der Waals surface area contributed by atoms with Crippen LogP contribution >= 0.6 is 0 Å². The van der Waals surface area contributed by atoms with Gasteiger partial charge in [-0.2, -0.15) is 0 Å². The monoisotopic (exact) mass is 548 g/mol. The van der Waals surface area contributed by atoms with Crippen molar-refractivity contribution >= 4 is 23.8 Å². The predicted octanol–water partition coefficient (Wildman–Crippen LogP) is 3.93. The van der Waals surface area contributed by atoms with E-state index in [1.807, 2.05) is 31.7 Å². The molecule has 4 heterocycles. The SMILES string of the molecule is CC(C)(C)OC(=O)N1CCC2(C=C(N3CCC(c4ccc5c(c4)CN(C4CCC(=O)NC4=O)C5=O)CC3)C2)CC1. The fourth-order valence-electron chi connectivity index (χ4n) is 7.02. The summed E-state index contributed by atoms with van der Waals surface area (Å²) in [7, 11) is 0. The molecule has 0 saturated carbocycles. The fraction of sp³-hybridized carbons (Fsp3) is 0.613. The Morgan fingerprint density at radius 2 is 1.73 bits per heavy atom. The van der Waals surface area contributed by atoms with Crippen molar-refractivity contribution < 1.29 is 23.9 Å². The molecular weight excluding hydrogens is 508 g/mol. The third-order valence-corrected chi connectivity index (χ3v) is 9.34. The molecule has 3 fully saturated rings. The summed E-state index contributed by atoms with van der Waals surface area (Å²) in [6, 6.07) is 5.59. The predicted molar refractivity (Wildman–Crippen MR) is 148 cm³/mol. The number of imide groups is 1. The maximum absolute atomic E-state index is 13.0. The average molecular weight is 549 g/mol. The molecule has 4 aliphatic heterocycles. The van der Waals surface area contributed by atoms with E-state index in [9.17, 15) is 19.2 Å². The third kappa shape index (κ3) is 5.10. The van der Waals surface area contributed by atoms with Gasteiger partial charge in [0.15, 0.2) is 0 Å². The maximum atomic E-state index is 13.0. The first kappa shape index (κ1) is 26.8. The van der Waals surface area contributed by atoms with Crippen molar-refractivity contribution in [2.24, 2.45) is 5.41 Å². The summed E-state index contributed by atoms with van der Waals surface area (Å²) in [5, 5.41) is 2.37. The van der Waals surface area contributed by atoms with Crippen LogP contribution in [-0.2, 0) is 20.9 Å². The minimum absolute atomic E-state index is 0.117. The number of likely N-dealkylation sites (tertiary alicyclic amines) is 2. The number of carbonyl (C=O) groups is 4. The second kappa shape index (κ2) is 9.93. The van der Waals surface area contributed by atoms with Crippen molar-refractivity contribution in [2.45, 2.75) is 89.8 Å². The molecule has 4 amide bonds. The Morgan fingerprint density at radius 1 is 1.02 bits per heavy atom. The molecule has 40 heavy (non-hydrogen) atoms. The van der Waals surface area contributed by atoms with Gasteiger partial charge in [-0.3, -0.25) is 19.7 Å². The van der Waals surface area contributed by atoms with E-state index in [0.717, 1.165) is 63.8 Å². The maximum Gasteiger partial charge on any atom is 0.410 e. The number of ether oxygens (including phenoxy) is 1. The van der Waals surface area contributed by atoms with Crippen LogP contribution in [0.25, 0.3) is 0 Å². The van der Waals surface area contributed by atoms with E-state index in [1.54, 1.807) is 4.90 Å². The van der Waals surface area contributed by atoms with Crippen molar-refractivity contribution in [3.63, 3.8) is 0 Å². The van der Waals surface area contributed by atoms with Crippen LogP contribution in [0.1, 0.15) is 93.1 Å². The molecule has 1 spiro atoms. The Bertz CT molecular complexity index is 1260.